The lowest BCUT2D eigenvalue weighted by Gasteiger charge is -2.15. The topological polar surface area (TPSA) is 69.7 Å². The summed E-state index contributed by atoms with van der Waals surface area (Å²) in [4.78, 5) is 17.3. The molecule has 2 aromatic carbocycles. The van der Waals surface area contributed by atoms with E-state index < -0.39 is 17.6 Å². The van der Waals surface area contributed by atoms with Gasteiger partial charge in [0.2, 0.25) is 0 Å². The van der Waals surface area contributed by atoms with Crippen LogP contribution in [0.3, 0.4) is 0 Å². The molecule has 172 valence electrons. The smallest absolute Gasteiger partial charge is 0.416 e. The summed E-state index contributed by atoms with van der Waals surface area (Å²) in [6.07, 6.45) is -3.76. The number of thiazole rings is 1. The first-order valence-corrected chi connectivity index (χ1v) is 10.6. The highest BCUT2D eigenvalue weighted by Gasteiger charge is 2.31. The Morgan fingerprint density at radius 3 is 2.59 bits per heavy atom. The van der Waals surface area contributed by atoms with Crippen molar-refractivity contribution >= 4 is 32.6 Å². The number of anilines is 1. The number of aryl methyl sites for hydroxylation is 1. The molecule has 1 heterocycles. The highest BCUT2D eigenvalue weighted by Crippen LogP contribution is 2.35. The van der Waals surface area contributed by atoms with Gasteiger partial charge >= 0.3 is 6.18 Å². The molecule has 1 amide bonds. The molecule has 0 spiro atoms. The van der Waals surface area contributed by atoms with Crippen LogP contribution >= 0.6 is 11.3 Å². The number of aromatic nitrogens is 1. The molecule has 6 nitrogen and oxygen atoms in total. The van der Waals surface area contributed by atoms with Crippen molar-refractivity contribution in [1.82, 2.24) is 4.98 Å². The van der Waals surface area contributed by atoms with Crippen LogP contribution in [0.5, 0.6) is 5.75 Å². The molecule has 0 bridgehead atoms. The maximum Gasteiger partial charge on any atom is 0.416 e. The van der Waals surface area contributed by atoms with Crippen LogP contribution in [0.25, 0.3) is 10.2 Å². The van der Waals surface area contributed by atoms with Gasteiger partial charge in [0.25, 0.3) is 5.91 Å². The number of ether oxygens (including phenoxy) is 3. The normalized spacial score (nSPS) is 11.7. The summed E-state index contributed by atoms with van der Waals surface area (Å²) >= 11 is 0.975. The van der Waals surface area contributed by atoms with Crippen molar-refractivity contribution in [1.29, 1.82) is 0 Å². The number of halogens is 3. The number of carbonyl (C=O) groups excluding carboxylic acids is 1. The van der Waals surface area contributed by atoms with Gasteiger partial charge in [0.1, 0.15) is 5.75 Å². The number of benzene rings is 2. The van der Waals surface area contributed by atoms with Crippen LogP contribution in [0.15, 0.2) is 30.3 Å². The Morgan fingerprint density at radius 1 is 1.16 bits per heavy atom. The zero-order valence-corrected chi connectivity index (χ0v) is 18.7. The van der Waals surface area contributed by atoms with E-state index >= 15 is 0 Å². The van der Waals surface area contributed by atoms with Crippen molar-refractivity contribution in [2.45, 2.75) is 26.1 Å². The van der Waals surface area contributed by atoms with Gasteiger partial charge in [-0.25, -0.2) is 4.98 Å². The Morgan fingerprint density at radius 2 is 1.94 bits per heavy atom. The van der Waals surface area contributed by atoms with E-state index in [2.05, 4.69) is 10.3 Å². The fraction of sp³-hybridized carbons (Fsp3) is 0.364. The molecule has 3 aromatic rings. The number of carbonyl (C=O) groups is 1. The first kappa shape index (κ1) is 24.0. The van der Waals surface area contributed by atoms with E-state index in [0.29, 0.717) is 46.7 Å². The molecule has 10 heteroatoms. The third-order valence-electron chi connectivity index (χ3n) is 4.71. The van der Waals surface area contributed by atoms with Gasteiger partial charge in [-0.15, -0.1) is 0 Å². The zero-order chi connectivity index (χ0) is 23.3. The predicted molar refractivity (Wildman–Crippen MR) is 116 cm³/mol. The van der Waals surface area contributed by atoms with Gasteiger partial charge in [0.15, 0.2) is 5.13 Å². The van der Waals surface area contributed by atoms with Crippen LogP contribution in [0, 0.1) is 0 Å². The molecular formula is C22H23F3N2O4S. The van der Waals surface area contributed by atoms with Gasteiger partial charge in [-0.2, -0.15) is 13.2 Å². The van der Waals surface area contributed by atoms with Gasteiger partial charge in [-0.3, -0.25) is 10.1 Å². The van der Waals surface area contributed by atoms with Gasteiger partial charge < -0.3 is 14.2 Å². The van der Waals surface area contributed by atoms with Crippen molar-refractivity contribution in [2.75, 3.05) is 32.8 Å². The maximum absolute atomic E-state index is 13.0. The second-order valence-corrected chi connectivity index (χ2v) is 7.92. The van der Waals surface area contributed by atoms with E-state index in [1.165, 1.54) is 13.2 Å². The molecule has 0 radical (unpaired) electrons. The molecule has 0 fully saturated rings. The minimum absolute atomic E-state index is 0.200. The van der Waals surface area contributed by atoms with E-state index in [-0.39, 0.29) is 11.7 Å². The molecule has 1 N–H and O–H groups in total. The summed E-state index contributed by atoms with van der Waals surface area (Å²) in [7, 11) is 3.04. The Labute approximate surface area is 187 Å². The van der Waals surface area contributed by atoms with Crippen LogP contribution in [-0.2, 0) is 28.7 Å². The summed E-state index contributed by atoms with van der Waals surface area (Å²) in [5, 5.41) is 2.88. The molecule has 0 aliphatic carbocycles. The van der Waals surface area contributed by atoms with Gasteiger partial charge in [-0.1, -0.05) is 18.3 Å². The number of hydrogen-bond donors (Lipinski definition) is 1. The highest BCUT2D eigenvalue weighted by atomic mass is 32.1. The minimum Gasteiger partial charge on any atom is -0.496 e. The summed E-state index contributed by atoms with van der Waals surface area (Å²) in [5.74, 6) is -0.0945. The molecule has 0 aliphatic heterocycles. The fourth-order valence-corrected chi connectivity index (χ4v) is 4.02. The van der Waals surface area contributed by atoms with Crippen LogP contribution in [0.4, 0.5) is 18.3 Å². The van der Waals surface area contributed by atoms with Crippen LogP contribution in [0.1, 0.15) is 34.0 Å². The molecule has 32 heavy (non-hydrogen) atoms. The van der Waals surface area contributed by atoms with Crippen molar-refractivity contribution in [3.05, 3.63) is 52.6 Å². The highest BCUT2D eigenvalue weighted by molar-refractivity contribution is 7.22. The average molecular weight is 468 g/mol. The standard InChI is InChI=1S/C22H23F3N2O4S/c1-4-13-9-14(12-31-8-7-29-2)19(30-3)16(10-13)20(28)27-21-26-17-6-5-15(22(23,24)25)11-18(17)32-21/h5-6,9-11H,4,7-8,12H2,1-3H3,(H,26,27,28). The van der Waals surface area contributed by atoms with Crippen LogP contribution in [0.2, 0.25) is 0 Å². The van der Waals surface area contributed by atoms with Gasteiger partial charge in [0.05, 0.1) is 48.3 Å². The van der Waals surface area contributed by atoms with Crippen LogP contribution < -0.4 is 10.1 Å². The number of rotatable bonds is 9. The molecular weight excluding hydrogens is 445 g/mol. The summed E-state index contributed by atoms with van der Waals surface area (Å²) in [6, 6.07) is 6.92. The Kier molecular flexibility index (Phi) is 7.70. The molecule has 0 atom stereocenters. The maximum atomic E-state index is 13.0. The quantitative estimate of drug-likeness (QED) is 0.432. The van der Waals surface area contributed by atoms with Crippen molar-refractivity contribution in [2.24, 2.45) is 0 Å². The molecule has 0 aliphatic rings. The fourth-order valence-electron chi connectivity index (χ4n) is 3.12. The lowest BCUT2D eigenvalue weighted by molar-refractivity contribution is -0.137. The van der Waals surface area contributed by atoms with Gasteiger partial charge in [-0.05, 0) is 42.3 Å². The number of nitrogens with zero attached hydrogens (tertiary/aromatic N) is 1. The lowest BCUT2D eigenvalue weighted by Crippen LogP contribution is -2.15. The summed E-state index contributed by atoms with van der Waals surface area (Å²) in [5.41, 5.74) is 1.54. The molecule has 0 saturated carbocycles. The second-order valence-electron chi connectivity index (χ2n) is 6.89. The largest absolute Gasteiger partial charge is 0.496 e. The molecule has 0 saturated heterocycles. The Hall–Kier alpha value is -2.69. The van der Waals surface area contributed by atoms with Crippen molar-refractivity contribution in [3.8, 4) is 5.75 Å². The Balaban J connectivity index is 1.87. The molecule has 1 aromatic heterocycles. The average Bonchev–Trinajstić information content (AvgIpc) is 3.16. The predicted octanol–water partition coefficient (Wildman–Crippen LogP) is 5.30. The SMILES string of the molecule is CCc1cc(COCCOC)c(OC)c(C(=O)Nc2nc3ccc(C(F)(F)F)cc3s2)c1. The first-order chi connectivity index (χ1) is 15.3. The summed E-state index contributed by atoms with van der Waals surface area (Å²) < 4.78 is 55.3. The number of alkyl halides is 3. The lowest BCUT2D eigenvalue weighted by atomic mass is 10.0. The monoisotopic (exact) mass is 468 g/mol. The number of hydrogen-bond acceptors (Lipinski definition) is 6. The van der Waals surface area contributed by atoms with E-state index in [1.807, 2.05) is 13.0 Å². The summed E-state index contributed by atoms with van der Waals surface area (Å²) in [6.45, 7) is 3.03. The first-order valence-electron chi connectivity index (χ1n) is 9.82. The molecule has 3 rings (SSSR count). The third kappa shape index (κ3) is 5.56. The van der Waals surface area contributed by atoms with Crippen molar-refractivity contribution in [3.63, 3.8) is 0 Å². The number of amides is 1. The number of fused-ring (bicyclic) bond motifs is 1. The third-order valence-corrected chi connectivity index (χ3v) is 5.64. The van der Waals surface area contributed by atoms with Crippen molar-refractivity contribution < 1.29 is 32.2 Å². The van der Waals surface area contributed by atoms with Crippen LogP contribution in [-0.4, -0.2) is 38.3 Å². The molecule has 0 unspecified atom stereocenters. The number of methoxy groups -OCH3 is 2. The van der Waals surface area contributed by atoms with Gasteiger partial charge in [0, 0.05) is 12.7 Å². The second kappa shape index (κ2) is 10.3. The Bertz CT molecular complexity index is 1100. The minimum atomic E-state index is -4.45. The van der Waals surface area contributed by atoms with E-state index in [9.17, 15) is 18.0 Å². The van der Waals surface area contributed by atoms with E-state index in [4.69, 9.17) is 14.2 Å². The van der Waals surface area contributed by atoms with E-state index in [0.717, 1.165) is 29.0 Å². The van der Waals surface area contributed by atoms with E-state index in [1.54, 1.807) is 13.2 Å². The zero-order valence-electron chi connectivity index (χ0n) is 17.8. The number of nitrogens with one attached hydrogen (secondary N) is 1.